The van der Waals surface area contributed by atoms with Crippen LogP contribution in [0.4, 0.5) is 5.69 Å². The number of benzene rings is 2. The van der Waals surface area contributed by atoms with Crippen molar-refractivity contribution in [1.29, 1.82) is 0 Å². The van der Waals surface area contributed by atoms with Crippen LogP contribution in [0.2, 0.25) is 0 Å². The SMILES string of the molecule is CCc1ccccc1NC(=S)NCc1ccc(C[NH+]2CCCCC2)cc1. The van der Waals surface area contributed by atoms with Crippen LogP contribution in [-0.2, 0) is 19.5 Å². The highest BCUT2D eigenvalue weighted by Crippen LogP contribution is 2.15. The molecule has 2 aromatic carbocycles. The summed E-state index contributed by atoms with van der Waals surface area (Å²) in [5.41, 5.74) is 5.06. The molecule has 0 radical (unpaired) electrons. The molecule has 26 heavy (non-hydrogen) atoms. The van der Waals surface area contributed by atoms with Crippen LogP contribution in [0.15, 0.2) is 48.5 Å². The van der Waals surface area contributed by atoms with Crippen LogP contribution < -0.4 is 15.5 Å². The molecule has 3 rings (SSSR count). The van der Waals surface area contributed by atoms with E-state index in [-0.39, 0.29) is 0 Å². The van der Waals surface area contributed by atoms with Gasteiger partial charge in [0, 0.05) is 17.8 Å². The fourth-order valence-electron chi connectivity index (χ4n) is 3.59. The van der Waals surface area contributed by atoms with Crippen LogP contribution in [-0.4, -0.2) is 18.2 Å². The van der Waals surface area contributed by atoms with E-state index in [1.165, 1.54) is 49.0 Å². The average molecular weight is 369 g/mol. The monoisotopic (exact) mass is 368 g/mol. The summed E-state index contributed by atoms with van der Waals surface area (Å²) in [5, 5.41) is 7.30. The van der Waals surface area contributed by atoms with E-state index < -0.39 is 0 Å². The first-order valence-electron chi connectivity index (χ1n) is 9.78. The Bertz CT molecular complexity index is 706. The number of para-hydroxylation sites is 1. The van der Waals surface area contributed by atoms with E-state index in [1.54, 1.807) is 4.90 Å². The van der Waals surface area contributed by atoms with E-state index in [4.69, 9.17) is 12.2 Å². The summed E-state index contributed by atoms with van der Waals surface area (Å²) in [5.74, 6) is 0. The minimum Gasteiger partial charge on any atom is -0.358 e. The largest absolute Gasteiger partial charge is 0.358 e. The van der Waals surface area contributed by atoms with Crippen molar-refractivity contribution in [3.8, 4) is 0 Å². The summed E-state index contributed by atoms with van der Waals surface area (Å²) in [6.07, 6.45) is 5.16. The lowest BCUT2D eigenvalue weighted by Crippen LogP contribution is -3.11. The predicted molar refractivity (Wildman–Crippen MR) is 114 cm³/mol. The number of likely N-dealkylation sites (tertiary alicyclic amines) is 1. The van der Waals surface area contributed by atoms with Crippen LogP contribution >= 0.6 is 12.2 Å². The molecule has 1 fully saturated rings. The summed E-state index contributed by atoms with van der Waals surface area (Å²) < 4.78 is 0. The molecule has 1 heterocycles. The molecule has 138 valence electrons. The molecule has 0 saturated carbocycles. The topological polar surface area (TPSA) is 28.5 Å². The van der Waals surface area contributed by atoms with Gasteiger partial charge >= 0.3 is 0 Å². The Morgan fingerprint density at radius 2 is 1.65 bits per heavy atom. The summed E-state index contributed by atoms with van der Waals surface area (Å²) in [7, 11) is 0. The average Bonchev–Trinajstić information content (AvgIpc) is 2.69. The second-order valence-electron chi connectivity index (χ2n) is 7.12. The van der Waals surface area contributed by atoms with Gasteiger partial charge in [0.25, 0.3) is 0 Å². The second kappa shape index (κ2) is 9.70. The number of aryl methyl sites for hydroxylation is 1. The van der Waals surface area contributed by atoms with Crippen LogP contribution in [0, 0.1) is 0 Å². The molecule has 0 unspecified atom stereocenters. The third kappa shape index (κ3) is 5.55. The number of anilines is 1. The number of hydrogen-bond acceptors (Lipinski definition) is 1. The van der Waals surface area contributed by atoms with Gasteiger partial charge in [-0.25, -0.2) is 0 Å². The Morgan fingerprint density at radius 1 is 0.962 bits per heavy atom. The van der Waals surface area contributed by atoms with E-state index in [9.17, 15) is 0 Å². The van der Waals surface area contributed by atoms with Crippen molar-refractivity contribution >= 4 is 23.0 Å². The van der Waals surface area contributed by atoms with Crippen molar-refractivity contribution < 1.29 is 4.90 Å². The van der Waals surface area contributed by atoms with Gasteiger partial charge in [-0.15, -0.1) is 0 Å². The third-order valence-electron chi connectivity index (χ3n) is 5.14. The molecule has 4 heteroatoms. The molecule has 0 bridgehead atoms. The van der Waals surface area contributed by atoms with Crippen molar-refractivity contribution in [3.63, 3.8) is 0 Å². The molecule has 1 aliphatic heterocycles. The smallest absolute Gasteiger partial charge is 0.171 e. The van der Waals surface area contributed by atoms with E-state index in [1.807, 2.05) is 6.07 Å². The first kappa shape index (κ1) is 18.9. The van der Waals surface area contributed by atoms with E-state index in [0.29, 0.717) is 5.11 Å². The summed E-state index contributed by atoms with van der Waals surface area (Å²) in [6, 6.07) is 17.3. The zero-order valence-electron chi connectivity index (χ0n) is 15.7. The lowest BCUT2D eigenvalue weighted by molar-refractivity contribution is -0.918. The number of hydrogen-bond donors (Lipinski definition) is 3. The molecular formula is C22H30N3S+. The molecule has 0 atom stereocenters. The van der Waals surface area contributed by atoms with Crippen LogP contribution in [0.5, 0.6) is 0 Å². The summed E-state index contributed by atoms with van der Waals surface area (Å²) >= 11 is 5.45. The standard InChI is InChI=1S/C22H29N3S/c1-2-20-8-4-5-9-21(20)24-22(26)23-16-18-10-12-19(13-11-18)17-25-14-6-3-7-15-25/h4-5,8-13H,2-3,6-7,14-17H2,1H3,(H2,23,24,26)/p+1. The van der Waals surface area contributed by atoms with Gasteiger partial charge in [0.1, 0.15) is 6.54 Å². The number of rotatable bonds is 6. The quantitative estimate of drug-likeness (QED) is 0.683. The third-order valence-corrected chi connectivity index (χ3v) is 5.38. The Morgan fingerprint density at radius 3 is 2.38 bits per heavy atom. The number of thiocarbonyl (C=S) groups is 1. The number of nitrogens with one attached hydrogen (secondary N) is 3. The predicted octanol–water partition coefficient (Wildman–Crippen LogP) is 3.30. The van der Waals surface area contributed by atoms with E-state index in [0.717, 1.165) is 25.2 Å². The maximum Gasteiger partial charge on any atom is 0.171 e. The highest BCUT2D eigenvalue weighted by molar-refractivity contribution is 7.80. The van der Waals surface area contributed by atoms with Crippen LogP contribution in [0.25, 0.3) is 0 Å². The maximum absolute atomic E-state index is 5.45. The van der Waals surface area contributed by atoms with Crippen molar-refractivity contribution in [3.05, 3.63) is 65.2 Å². The van der Waals surface area contributed by atoms with Crippen molar-refractivity contribution in [1.82, 2.24) is 5.32 Å². The molecule has 1 saturated heterocycles. The van der Waals surface area contributed by atoms with Crippen molar-refractivity contribution in [2.24, 2.45) is 0 Å². The molecule has 0 aromatic heterocycles. The Balaban J connectivity index is 1.47. The molecule has 3 nitrogen and oxygen atoms in total. The van der Waals surface area contributed by atoms with Gasteiger partial charge in [0.15, 0.2) is 5.11 Å². The Labute approximate surface area is 162 Å². The first-order chi connectivity index (χ1) is 12.7. The Kier molecular flexibility index (Phi) is 7.04. The zero-order valence-corrected chi connectivity index (χ0v) is 16.5. The van der Waals surface area contributed by atoms with Gasteiger partial charge < -0.3 is 15.5 Å². The minimum atomic E-state index is 0.674. The van der Waals surface area contributed by atoms with Crippen molar-refractivity contribution in [2.45, 2.75) is 45.7 Å². The minimum absolute atomic E-state index is 0.674. The normalized spacial score (nSPS) is 14.8. The van der Waals surface area contributed by atoms with Crippen LogP contribution in [0.3, 0.4) is 0 Å². The first-order valence-corrected chi connectivity index (χ1v) is 10.2. The van der Waals surface area contributed by atoms with Gasteiger partial charge in [0.2, 0.25) is 0 Å². The maximum atomic E-state index is 5.45. The van der Waals surface area contributed by atoms with Crippen LogP contribution in [0.1, 0.15) is 42.9 Å². The zero-order chi connectivity index (χ0) is 18.2. The molecule has 0 spiro atoms. The molecule has 0 amide bonds. The highest BCUT2D eigenvalue weighted by atomic mass is 32.1. The number of piperidine rings is 1. The molecule has 3 N–H and O–H groups in total. The molecule has 0 aliphatic carbocycles. The fraction of sp³-hybridized carbons (Fsp3) is 0.409. The summed E-state index contributed by atoms with van der Waals surface area (Å²) in [4.78, 5) is 1.72. The second-order valence-corrected chi connectivity index (χ2v) is 7.53. The molecule has 2 aromatic rings. The van der Waals surface area contributed by atoms with Gasteiger partial charge in [-0.05, 0) is 55.1 Å². The molecular weight excluding hydrogens is 338 g/mol. The highest BCUT2D eigenvalue weighted by Gasteiger charge is 2.13. The van der Waals surface area contributed by atoms with E-state index in [2.05, 4.69) is 60.0 Å². The van der Waals surface area contributed by atoms with Gasteiger partial charge in [-0.2, -0.15) is 0 Å². The number of quaternary nitrogens is 1. The lowest BCUT2D eigenvalue weighted by atomic mass is 10.1. The van der Waals surface area contributed by atoms with Gasteiger partial charge in [0.05, 0.1) is 13.1 Å². The van der Waals surface area contributed by atoms with Gasteiger partial charge in [-0.3, -0.25) is 0 Å². The lowest BCUT2D eigenvalue weighted by Gasteiger charge is -2.23. The van der Waals surface area contributed by atoms with E-state index >= 15 is 0 Å². The summed E-state index contributed by atoms with van der Waals surface area (Å²) in [6.45, 7) is 6.70. The van der Waals surface area contributed by atoms with Gasteiger partial charge in [-0.1, -0.05) is 49.4 Å². The molecule has 1 aliphatic rings. The Hall–Kier alpha value is -1.91. The van der Waals surface area contributed by atoms with Crippen molar-refractivity contribution in [2.75, 3.05) is 18.4 Å². The fourth-order valence-corrected chi connectivity index (χ4v) is 3.77.